The molecule has 3 aromatic rings. The van der Waals surface area contributed by atoms with Crippen molar-refractivity contribution in [2.45, 2.75) is 77.0 Å². The Morgan fingerprint density at radius 1 is 1.06 bits per heavy atom. The van der Waals surface area contributed by atoms with E-state index in [-0.39, 0.29) is 43.1 Å². The van der Waals surface area contributed by atoms with E-state index in [9.17, 15) is 18.7 Å². The van der Waals surface area contributed by atoms with Crippen LogP contribution in [0.1, 0.15) is 64.8 Å². The van der Waals surface area contributed by atoms with Gasteiger partial charge in [0.1, 0.15) is 17.2 Å². The zero-order chi connectivity index (χ0) is 24.5. The average Bonchev–Trinajstić information content (AvgIpc) is 3.19. The summed E-state index contributed by atoms with van der Waals surface area (Å²) in [6.07, 6.45) is 7.16. The second-order valence-corrected chi connectivity index (χ2v) is 9.51. The minimum Gasteiger partial charge on any atom is -0.393 e. The zero-order valence-corrected chi connectivity index (χ0v) is 19.3. The quantitative estimate of drug-likeness (QED) is 0.393. The molecule has 36 heavy (non-hydrogen) atoms. The number of carbonyl (C=O) groups is 1. The molecule has 194 valence electrons. The van der Waals surface area contributed by atoms with E-state index in [1.807, 2.05) is 4.57 Å². The van der Waals surface area contributed by atoms with Crippen molar-refractivity contribution in [3.63, 3.8) is 0 Å². The third-order valence-electron chi connectivity index (χ3n) is 7.10. The third-order valence-corrected chi connectivity index (χ3v) is 7.10. The predicted molar refractivity (Wildman–Crippen MR) is 134 cm³/mol. The minimum atomic E-state index is -0.728. The minimum absolute atomic E-state index is 0. The van der Waals surface area contributed by atoms with Crippen LogP contribution in [0.25, 0.3) is 11.2 Å². The van der Waals surface area contributed by atoms with Gasteiger partial charge in [0.05, 0.1) is 18.0 Å². The Kier molecular flexibility index (Phi) is 7.67. The van der Waals surface area contributed by atoms with E-state index in [1.54, 1.807) is 6.20 Å². The van der Waals surface area contributed by atoms with E-state index in [4.69, 9.17) is 10.7 Å². The summed E-state index contributed by atoms with van der Waals surface area (Å²) in [5, 5.41) is 16.1. The number of hydrogen-bond donors (Lipinski definition) is 4. The first-order valence-electron chi connectivity index (χ1n) is 12.1. The van der Waals surface area contributed by atoms with Crippen molar-refractivity contribution in [3.05, 3.63) is 36.0 Å². The van der Waals surface area contributed by atoms with E-state index < -0.39 is 11.6 Å². The molecule has 2 aromatic heterocycles. The second kappa shape index (κ2) is 10.7. The summed E-state index contributed by atoms with van der Waals surface area (Å²) in [6.45, 7) is 0. The Morgan fingerprint density at radius 3 is 2.44 bits per heavy atom. The fraction of sp³-hybridized carbons (Fsp3) is 0.520. The molecule has 0 spiro atoms. The van der Waals surface area contributed by atoms with E-state index in [0.717, 1.165) is 31.7 Å². The van der Waals surface area contributed by atoms with E-state index in [2.05, 4.69) is 20.6 Å². The number of aliphatic hydroxyl groups is 1. The Morgan fingerprint density at radius 2 is 1.78 bits per heavy atom. The molecule has 5 N–H and O–H groups in total. The molecule has 0 bridgehead atoms. The number of nitrogens with two attached hydrogens (primary N) is 1. The van der Waals surface area contributed by atoms with Crippen LogP contribution in [0, 0.1) is 17.6 Å². The Balaban J connectivity index is 0.00000304. The number of halogens is 2. The van der Waals surface area contributed by atoms with Gasteiger partial charge in [0.15, 0.2) is 5.65 Å². The van der Waals surface area contributed by atoms with Crippen molar-refractivity contribution in [1.82, 2.24) is 19.5 Å². The second-order valence-electron chi connectivity index (χ2n) is 9.51. The van der Waals surface area contributed by atoms with Crippen molar-refractivity contribution >= 4 is 34.7 Å². The van der Waals surface area contributed by atoms with Gasteiger partial charge in [0, 0.05) is 24.1 Å². The standard InChI is InChI=1S/C24H29F2N7O2.CH4/c25-14-3-10-19(18(26)11-14)30-24-31-20-12-28-23(29-15-4-8-17(34)9-5-15)32-22(20)33(24)16-6-1-13(2-7-16)21(27)35;/h3,10-13,15-17,34H,1-2,4-9H2,(H2,27,35)(H,30,31)(H,28,29,32);1H4. The highest BCUT2D eigenvalue weighted by atomic mass is 19.1. The summed E-state index contributed by atoms with van der Waals surface area (Å²) < 4.78 is 29.8. The van der Waals surface area contributed by atoms with E-state index >= 15 is 0 Å². The van der Waals surface area contributed by atoms with Gasteiger partial charge in [0.25, 0.3) is 0 Å². The molecule has 0 atom stereocenters. The van der Waals surface area contributed by atoms with Crippen molar-refractivity contribution in [1.29, 1.82) is 0 Å². The number of nitrogens with zero attached hydrogens (tertiary/aromatic N) is 4. The van der Waals surface area contributed by atoms with Crippen LogP contribution in [0.2, 0.25) is 0 Å². The molecule has 1 aromatic carbocycles. The predicted octanol–water partition coefficient (Wildman–Crippen LogP) is 4.42. The molecule has 5 rings (SSSR count). The maximum absolute atomic E-state index is 14.4. The molecule has 1 amide bonds. The Hall–Kier alpha value is -3.34. The first-order chi connectivity index (χ1) is 16.9. The third kappa shape index (κ3) is 5.40. The molecule has 2 fully saturated rings. The topological polar surface area (TPSA) is 131 Å². The SMILES string of the molecule is C.NC(=O)C1CCC(n2c(Nc3ccc(F)cc3F)nc3cnc(NC4CCC(O)CC4)nc32)CC1. The lowest BCUT2D eigenvalue weighted by atomic mass is 9.85. The number of anilines is 3. The number of primary amides is 1. The van der Waals surface area contributed by atoms with Crippen LogP contribution < -0.4 is 16.4 Å². The molecule has 0 aliphatic heterocycles. The molecule has 2 heterocycles. The lowest BCUT2D eigenvalue weighted by Gasteiger charge is -2.29. The highest BCUT2D eigenvalue weighted by Crippen LogP contribution is 2.37. The molecule has 0 saturated heterocycles. The number of carbonyl (C=O) groups excluding carboxylic acids is 1. The number of benzene rings is 1. The molecular formula is C25H33F2N7O2. The molecule has 2 aliphatic rings. The monoisotopic (exact) mass is 501 g/mol. The van der Waals surface area contributed by atoms with Crippen LogP contribution >= 0.6 is 0 Å². The average molecular weight is 502 g/mol. The fourth-order valence-corrected chi connectivity index (χ4v) is 5.13. The molecule has 2 aliphatic carbocycles. The van der Waals surface area contributed by atoms with Crippen molar-refractivity contribution in [2.75, 3.05) is 10.6 Å². The smallest absolute Gasteiger partial charge is 0.224 e. The van der Waals surface area contributed by atoms with Crippen molar-refractivity contribution < 1.29 is 18.7 Å². The van der Waals surface area contributed by atoms with Crippen LogP contribution in [-0.4, -0.2) is 42.7 Å². The lowest BCUT2D eigenvalue weighted by Crippen LogP contribution is -2.29. The number of fused-ring (bicyclic) bond motifs is 1. The number of imidazole rings is 1. The van der Waals surface area contributed by atoms with Gasteiger partial charge in [-0.1, -0.05) is 7.43 Å². The van der Waals surface area contributed by atoms with Crippen LogP contribution in [0.15, 0.2) is 24.4 Å². The van der Waals surface area contributed by atoms with Gasteiger partial charge in [-0.2, -0.15) is 4.98 Å². The van der Waals surface area contributed by atoms with E-state index in [1.165, 1.54) is 12.1 Å². The highest BCUT2D eigenvalue weighted by Gasteiger charge is 2.29. The number of aromatic nitrogens is 4. The number of hydrogen-bond acceptors (Lipinski definition) is 7. The molecule has 9 nitrogen and oxygen atoms in total. The Bertz CT molecular complexity index is 1220. The highest BCUT2D eigenvalue weighted by molar-refractivity contribution is 5.78. The number of aliphatic hydroxyl groups excluding tert-OH is 1. The molecule has 2 saturated carbocycles. The maximum atomic E-state index is 14.4. The summed E-state index contributed by atoms with van der Waals surface area (Å²) in [6, 6.07) is 3.46. The molecule has 0 unspecified atom stereocenters. The summed E-state index contributed by atoms with van der Waals surface area (Å²) in [7, 11) is 0. The van der Waals surface area contributed by atoms with Crippen LogP contribution in [0.4, 0.5) is 26.4 Å². The van der Waals surface area contributed by atoms with Gasteiger partial charge in [-0.25, -0.2) is 18.7 Å². The van der Waals surface area contributed by atoms with Gasteiger partial charge in [0.2, 0.25) is 17.8 Å². The lowest BCUT2D eigenvalue weighted by molar-refractivity contribution is -0.122. The molecular weight excluding hydrogens is 468 g/mol. The first kappa shape index (κ1) is 25.7. The summed E-state index contributed by atoms with van der Waals surface area (Å²) >= 11 is 0. The number of amides is 1. The van der Waals surface area contributed by atoms with Crippen LogP contribution in [-0.2, 0) is 4.79 Å². The Labute approximate surface area is 208 Å². The first-order valence-corrected chi connectivity index (χ1v) is 12.1. The van der Waals surface area contributed by atoms with Crippen LogP contribution in [0.3, 0.4) is 0 Å². The number of nitrogens with one attached hydrogen (secondary N) is 2. The van der Waals surface area contributed by atoms with Crippen molar-refractivity contribution in [3.8, 4) is 0 Å². The normalized spacial score (nSPS) is 24.2. The maximum Gasteiger partial charge on any atom is 0.224 e. The van der Waals surface area contributed by atoms with Gasteiger partial charge >= 0.3 is 0 Å². The van der Waals surface area contributed by atoms with Crippen molar-refractivity contribution in [2.24, 2.45) is 11.7 Å². The summed E-state index contributed by atoms with van der Waals surface area (Å²) in [5.41, 5.74) is 6.74. The van der Waals surface area contributed by atoms with Gasteiger partial charge < -0.3 is 21.5 Å². The van der Waals surface area contributed by atoms with E-state index in [0.29, 0.717) is 48.7 Å². The molecule has 0 radical (unpaired) electrons. The fourth-order valence-electron chi connectivity index (χ4n) is 5.13. The van der Waals surface area contributed by atoms with Gasteiger partial charge in [-0.3, -0.25) is 9.36 Å². The zero-order valence-electron chi connectivity index (χ0n) is 19.3. The summed E-state index contributed by atoms with van der Waals surface area (Å²) in [5.74, 6) is -1.01. The molecule has 11 heteroatoms. The summed E-state index contributed by atoms with van der Waals surface area (Å²) in [4.78, 5) is 25.4. The van der Waals surface area contributed by atoms with Gasteiger partial charge in [-0.15, -0.1) is 0 Å². The van der Waals surface area contributed by atoms with Gasteiger partial charge in [-0.05, 0) is 63.5 Å². The van der Waals surface area contributed by atoms with Crippen LogP contribution in [0.5, 0.6) is 0 Å². The largest absolute Gasteiger partial charge is 0.393 e. The number of rotatable bonds is 6.